The van der Waals surface area contributed by atoms with Crippen LogP contribution in [-0.2, 0) is 11.3 Å². The lowest BCUT2D eigenvalue weighted by Gasteiger charge is -2.09. The SMILES string of the molecule is CNC(=O)c1cc(C(=O)NC2[C@H]3COC[C@@H]23)cc(CO)n1. The van der Waals surface area contributed by atoms with Crippen molar-refractivity contribution in [3.8, 4) is 0 Å². The smallest absolute Gasteiger partial charge is 0.269 e. The number of aromatic nitrogens is 1. The highest BCUT2D eigenvalue weighted by Crippen LogP contribution is 2.44. The first-order chi connectivity index (χ1) is 10.1. The highest BCUT2D eigenvalue weighted by atomic mass is 16.5. The van der Waals surface area contributed by atoms with E-state index in [1.807, 2.05) is 0 Å². The molecule has 1 aromatic heterocycles. The summed E-state index contributed by atoms with van der Waals surface area (Å²) in [4.78, 5) is 27.9. The quantitative estimate of drug-likeness (QED) is 0.681. The predicted octanol–water partition coefficient (Wildman–Crippen LogP) is -0.692. The standard InChI is InChI=1S/C14H17N3O4/c1-15-14(20)11-3-7(2-8(4-18)16-11)13(19)17-12-9-5-21-6-10(9)12/h2-3,9-10,12,18H,4-6H2,1H3,(H,15,20)(H,17,19)/t9-,10+,12?. The van der Waals surface area contributed by atoms with Crippen molar-refractivity contribution in [2.75, 3.05) is 20.3 Å². The van der Waals surface area contributed by atoms with E-state index in [2.05, 4.69) is 15.6 Å². The second kappa shape index (κ2) is 5.42. The molecule has 7 nitrogen and oxygen atoms in total. The van der Waals surface area contributed by atoms with Crippen molar-refractivity contribution in [3.05, 3.63) is 29.1 Å². The van der Waals surface area contributed by atoms with Gasteiger partial charge in [-0.3, -0.25) is 9.59 Å². The van der Waals surface area contributed by atoms with Gasteiger partial charge in [0.05, 0.1) is 25.5 Å². The Labute approximate surface area is 121 Å². The number of pyridine rings is 1. The van der Waals surface area contributed by atoms with Crippen LogP contribution in [0.25, 0.3) is 0 Å². The molecule has 3 rings (SSSR count). The van der Waals surface area contributed by atoms with Crippen LogP contribution in [0.15, 0.2) is 12.1 Å². The van der Waals surface area contributed by atoms with E-state index in [1.165, 1.54) is 19.2 Å². The molecule has 1 aromatic rings. The third kappa shape index (κ3) is 2.62. The Morgan fingerprint density at radius 3 is 2.67 bits per heavy atom. The van der Waals surface area contributed by atoms with Crippen LogP contribution in [0.3, 0.4) is 0 Å². The highest BCUT2D eigenvalue weighted by molar-refractivity contribution is 5.98. The van der Waals surface area contributed by atoms with E-state index in [9.17, 15) is 14.7 Å². The molecule has 1 saturated carbocycles. The fourth-order valence-electron chi connectivity index (χ4n) is 2.73. The fraction of sp³-hybridized carbons (Fsp3) is 0.500. The number of carbonyl (C=O) groups excluding carboxylic acids is 2. The Morgan fingerprint density at radius 2 is 2.05 bits per heavy atom. The molecule has 0 spiro atoms. The summed E-state index contributed by atoms with van der Waals surface area (Å²) < 4.78 is 5.28. The molecule has 7 heteroatoms. The lowest BCUT2D eigenvalue weighted by molar-refractivity contribution is 0.0928. The van der Waals surface area contributed by atoms with Crippen LogP contribution in [0.2, 0.25) is 0 Å². The van der Waals surface area contributed by atoms with Gasteiger partial charge in [0.1, 0.15) is 5.69 Å². The molecular formula is C14H17N3O4. The molecule has 1 unspecified atom stereocenters. The minimum absolute atomic E-state index is 0.119. The molecule has 0 radical (unpaired) electrons. The van der Waals surface area contributed by atoms with Crippen molar-refractivity contribution < 1.29 is 19.4 Å². The first-order valence-electron chi connectivity index (χ1n) is 6.86. The van der Waals surface area contributed by atoms with E-state index < -0.39 is 5.91 Å². The number of nitrogens with one attached hydrogen (secondary N) is 2. The molecule has 3 atom stereocenters. The van der Waals surface area contributed by atoms with E-state index >= 15 is 0 Å². The highest BCUT2D eigenvalue weighted by Gasteiger charge is 2.54. The van der Waals surface area contributed by atoms with Gasteiger partial charge in [-0.05, 0) is 12.1 Å². The Balaban J connectivity index is 1.77. The number of fused-ring (bicyclic) bond motifs is 1. The van der Waals surface area contributed by atoms with E-state index in [0.717, 1.165) is 0 Å². The van der Waals surface area contributed by atoms with Gasteiger partial charge in [0, 0.05) is 30.5 Å². The Morgan fingerprint density at radius 1 is 1.33 bits per heavy atom. The summed E-state index contributed by atoms with van der Waals surface area (Å²) in [6.45, 7) is 1.06. The molecular weight excluding hydrogens is 274 g/mol. The van der Waals surface area contributed by atoms with E-state index in [4.69, 9.17) is 4.74 Å². The predicted molar refractivity (Wildman–Crippen MR) is 72.6 cm³/mol. The average Bonchev–Trinajstić information content (AvgIpc) is 2.95. The van der Waals surface area contributed by atoms with Gasteiger partial charge < -0.3 is 20.5 Å². The van der Waals surface area contributed by atoms with Gasteiger partial charge in [-0.2, -0.15) is 0 Å². The minimum Gasteiger partial charge on any atom is -0.390 e. The lowest BCUT2D eigenvalue weighted by Crippen LogP contribution is -2.30. The Bertz CT molecular complexity index is 580. The summed E-state index contributed by atoms with van der Waals surface area (Å²) in [7, 11) is 1.49. The van der Waals surface area contributed by atoms with Gasteiger partial charge >= 0.3 is 0 Å². The first-order valence-corrected chi connectivity index (χ1v) is 6.86. The summed E-state index contributed by atoms with van der Waals surface area (Å²) in [5, 5.41) is 14.6. The zero-order valence-electron chi connectivity index (χ0n) is 11.6. The molecule has 2 aliphatic rings. The molecule has 21 heavy (non-hydrogen) atoms. The number of ether oxygens (including phenoxy) is 1. The van der Waals surface area contributed by atoms with Crippen molar-refractivity contribution in [3.63, 3.8) is 0 Å². The molecule has 3 N–H and O–H groups in total. The van der Waals surface area contributed by atoms with E-state index in [-0.39, 0.29) is 24.2 Å². The zero-order valence-corrected chi connectivity index (χ0v) is 11.6. The van der Waals surface area contributed by atoms with Crippen LogP contribution in [0.4, 0.5) is 0 Å². The van der Waals surface area contributed by atoms with Crippen molar-refractivity contribution in [1.82, 2.24) is 15.6 Å². The summed E-state index contributed by atoms with van der Waals surface area (Å²) in [5.41, 5.74) is 0.743. The van der Waals surface area contributed by atoms with Gasteiger partial charge in [0.15, 0.2) is 0 Å². The summed E-state index contributed by atoms with van der Waals surface area (Å²) in [5.74, 6) is 0.172. The largest absolute Gasteiger partial charge is 0.390 e. The number of carbonyl (C=O) groups is 2. The third-order valence-electron chi connectivity index (χ3n) is 4.01. The molecule has 0 bridgehead atoms. The first kappa shape index (κ1) is 14.0. The van der Waals surface area contributed by atoms with Gasteiger partial charge in [0.2, 0.25) is 0 Å². The number of amides is 2. The van der Waals surface area contributed by atoms with Crippen LogP contribution in [0.1, 0.15) is 26.5 Å². The molecule has 2 amide bonds. The second-order valence-corrected chi connectivity index (χ2v) is 5.33. The fourth-order valence-corrected chi connectivity index (χ4v) is 2.73. The Kier molecular flexibility index (Phi) is 3.60. The van der Waals surface area contributed by atoms with Crippen LogP contribution in [0, 0.1) is 11.8 Å². The molecule has 1 aliphatic heterocycles. The van der Waals surface area contributed by atoms with Crippen LogP contribution >= 0.6 is 0 Å². The number of nitrogens with zero attached hydrogens (tertiary/aromatic N) is 1. The van der Waals surface area contributed by atoms with Crippen molar-refractivity contribution in [2.24, 2.45) is 11.8 Å². The van der Waals surface area contributed by atoms with Gasteiger partial charge in [0.25, 0.3) is 11.8 Å². The molecule has 0 aromatic carbocycles. The maximum absolute atomic E-state index is 12.3. The molecule has 2 fully saturated rings. The minimum atomic E-state index is -0.393. The molecule has 112 valence electrons. The molecule has 2 heterocycles. The number of aliphatic hydroxyl groups is 1. The van der Waals surface area contributed by atoms with Gasteiger partial charge in [-0.15, -0.1) is 0 Å². The van der Waals surface area contributed by atoms with Crippen molar-refractivity contribution in [1.29, 1.82) is 0 Å². The van der Waals surface area contributed by atoms with Crippen molar-refractivity contribution >= 4 is 11.8 Å². The average molecular weight is 291 g/mol. The number of aliphatic hydroxyl groups excluding tert-OH is 1. The summed E-state index contributed by atoms with van der Waals surface area (Å²) in [6, 6.07) is 3.08. The monoisotopic (exact) mass is 291 g/mol. The maximum atomic E-state index is 12.3. The molecule has 1 saturated heterocycles. The summed E-state index contributed by atoms with van der Waals surface area (Å²) in [6.07, 6.45) is 0. The number of hydrogen-bond donors (Lipinski definition) is 3. The van der Waals surface area contributed by atoms with Gasteiger partial charge in [-0.25, -0.2) is 4.98 Å². The normalized spacial score (nSPS) is 26.1. The number of hydrogen-bond acceptors (Lipinski definition) is 5. The van der Waals surface area contributed by atoms with E-state index in [1.54, 1.807) is 0 Å². The van der Waals surface area contributed by atoms with Crippen LogP contribution in [0.5, 0.6) is 0 Å². The van der Waals surface area contributed by atoms with Gasteiger partial charge in [-0.1, -0.05) is 0 Å². The zero-order chi connectivity index (χ0) is 15.0. The maximum Gasteiger partial charge on any atom is 0.269 e. The van der Waals surface area contributed by atoms with E-state index in [0.29, 0.717) is 36.3 Å². The van der Waals surface area contributed by atoms with Crippen molar-refractivity contribution in [2.45, 2.75) is 12.6 Å². The lowest BCUT2D eigenvalue weighted by atomic mass is 10.1. The third-order valence-corrected chi connectivity index (χ3v) is 4.01. The summed E-state index contributed by atoms with van der Waals surface area (Å²) >= 11 is 0. The second-order valence-electron chi connectivity index (χ2n) is 5.33. The molecule has 1 aliphatic carbocycles. The topological polar surface area (TPSA) is 101 Å². The van der Waals surface area contributed by atoms with Crippen LogP contribution < -0.4 is 10.6 Å². The Hall–Kier alpha value is -1.99. The number of rotatable bonds is 4. The van der Waals surface area contributed by atoms with Crippen LogP contribution in [-0.4, -0.2) is 48.2 Å².